The van der Waals surface area contributed by atoms with Gasteiger partial charge in [-0.2, -0.15) is 0 Å². The van der Waals surface area contributed by atoms with Crippen LogP contribution in [0.4, 0.5) is 0 Å². The lowest BCUT2D eigenvalue weighted by Crippen LogP contribution is -2.49. The Balaban J connectivity index is 2.27. The summed E-state index contributed by atoms with van der Waals surface area (Å²) in [6, 6.07) is 5.85. The van der Waals surface area contributed by atoms with Crippen LogP contribution in [-0.2, 0) is 10.3 Å². The number of nitrogens with two attached hydrogens (primary N) is 1. The second kappa shape index (κ2) is 3.78. The van der Waals surface area contributed by atoms with Crippen molar-refractivity contribution in [1.82, 2.24) is 4.90 Å². The molecule has 0 bridgehead atoms. The van der Waals surface area contributed by atoms with Crippen molar-refractivity contribution in [2.75, 3.05) is 7.05 Å². The van der Waals surface area contributed by atoms with E-state index < -0.39 is 11.1 Å². The molecule has 1 aromatic carbocycles. The Hall–Kier alpha value is -1.98. The highest BCUT2D eigenvalue weighted by atomic mass is 16.5. The standard InChI is InChI=1S/C14H18BN3O2/c1-13(2)7-14(11(19)18(3)12(16)17-14)9-6-8(15)4-5-10(9)20-13/h4-6H,7,15H2,1-3H3,(H2,16,17). The lowest BCUT2D eigenvalue weighted by atomic mass is 9.76. The van der Waals surface area contributed by atoms with Gasteiger partial charge in [0.05, 0.1) is 0 Å². The number of fused-ring (bicyclic) bond motifs is 2. The average molecular weight is 271 g/mol. The first-order chi connectivity index (χ1) is 9.25. The third kappa shape index (κ3) is 1.64. The van der Waals surface area contributed by atoms with Gasteiger partial charge in [-0.15, -0.1) is 0 Å². The maximum atomic E-state index is 12.7. The quantitative estimate of drug-likeness (QED) is 0.646. The normalized spacial score (nSPS) is 27.2. The minimum absolute atomic E-state index is 0.0850. The van der Waals surface area contributed by atoms with Gasteiger partial charge in [-0.05, 0) is 19.9 Å². The molecule has 20 heavy (non-hydrogen) atoms. The minimum atomic E-state index is -0.943. The van der Waals surface area contributed by atoms with Crippen LogP contribution < -0.4 is 15.9 Å². The van der Waals surface area contributed by atoms with Crippen LogP contribution >= 0.6 is 0 Å². The van der Waals surface area contributed by atoms with Gasteiger partial charge in [0.25, 0.3) is 5.91 Å². The molecule has 1 aromatic rings. The maximum Gasteiger partial charge on any atom is 0.261 e. The van der Waals surface area contributed by atoms with Gasteiger partial charge in [0, 0.05) is 19.0 Å². The molecule has 0 aliphatic carbocycles. The molecule has 1 spiro atoms. The Bertz CT molecular complexity index is 641. The lowest BCUT2D eigenvalue weighted by molar-refractivity contribution is -0.133. The first kappa shape index (κ1) is 13.0. The number of hydrogen-bond donors (Lipinski definition) is 1. The van der Waals surface area contributed by atoms with Gasteiger partial charge >= 0.3 is 0 Å². The molecule has 2 aliphatic rings. The molecular weight excluding hydrogens is 253 g/mol. The van der Waals surface area contributed by atoms with Crippen molar-refractivity contribution < 1.29 is 9.53 Å². The molecule has 0 aromatic heterocycles. The van der Waals surface area contributed by atoms with Crippen molar-refractivity contribution in [2.24, 2.45) is 10.7 Å². The summed E-state index contributed by atoms with van der Waals surface area (Å²) in [5.41, 5.74) is 6.35. The average Bonchev–Trinajstić information content (AvgIpc) is 2.55. The van der Waals surface area contributed by atoms with E-state index in [2.05, 4.69) is 4.99 Å². The summed E-state index contributed by atoms with van der Waals surface area (Å²) in [6.07, 6.45) is 0.486. The number of carbonyl (C=O) groups is 1. The fraction of sp³-hybridized carbons (Fsp3) is 0.429. The second-order valence-corrected chi connectivity index (χ2v) is 6.23. The number of likely N-dealkylation sites (N-methyl/N-ethyl adjacent to an activating group) is 1. The van der Waals surface area contributed by atoms with Crippen LogP contribution in [0.15, 0.2) is 23.2 Å². The molecular formula is C14H18BN3O2. The van der Waals surface area contributed by atoms with Gasteiger partial charge < -0.3 is 10.5 Å². The Morgan fingerprint density at radius 3 is 2.75 bits per heavy atom. The van der Waals surface area contributed by atoms with Crippen molar-refractivity contribution in [3.05, 3.63) is 23.8 Å². The monoisotopic (exact) mass is 271 g/mol. The SMILES string of the molecule is Bc1ccc2c(c1)C1(CC(C)(C)O2)N=C(N)N(C)C1=O. The first-order valence-electron chi connectivity index (χ1n) is 6.69. The third-order valence-corrected chi connectivity index (χ3v) is 3.96. The fourth-order valence-electron chi connectivity index (χ4n) is 3.09. The van der Waals surface area contributed by atoms with Crippen LogP contribution in [0.5, 0.6) is 5.75 Å². The largest absolute Gasteiger partial charge is 0.487 e. The second-order valence-electron chi connectivity index (χ2n) is 6.23. The van der Waals surface area contributed by atoms with Gasteiger partial charge in [0.2, 0.25) is 0 Å². The number of amides is 1. The summed E-state index contributed by atoms with van der Waals surface area (Å²) in [4.78, 5) is 18.7. The predicted molar refractivity (Wildman–Crippen MR) is 80.0 cm³/mol. The summed E-state index contributed by atoms with van der Waals surface area (Å²) < 4.78 is 6.00. The molecule has 0 fully saturated rings. The number of guanidine groups is 1. The molecule has 3 rings (SSSR count). The van der Waals surface area contributed by atoms with Crippen molar-refractivity contribution in [1.29, 1.82) is 0 Å². The number of carbonyl (C=O) groups excluding carboxylic acids is 1. The number of rotatable bonds is 0. The molecule has 1 amide bonds. The predicted octanol–water partition coefficient (Wildman–Crippen LogP) is -0.512. The number of ether oxygens (including phenoxy) is 1. The highest BCUT2D eigenvalue weighted by molar-refractivity contribution is 6.32. The van der Waals surface area contributed by atoms with Crippen LogP contribution in [0, 0.1) is 0 Å². The highest BCUT2D eigenvalue weighted by Crippen LogP contribution is 2.48. The Labute approximate surface area is 119 Å². The zero-order chi connectivity index (χ0) is 14.7. The van der Waals surface area contributed by atoms with Gasteiger partial charge in [0.1, 0.15) is 19.2 Å². The smallest absolute Gasteiger partial charge is 0.261 e. The summed E-state index contributed by atoms with van der Waals surface area (Å²) in [5, 5.41) is 0. The van der Waals surface area contributed by atoms with Gasteiger partial charge in [-0.3, -0.25) is 9.69 Å². The molecule has 2 aliphatic heterocycles. The number of nitrogens with zero attached hydrogens (tertiary/aromatic N) is 2. The molecule has 2 N–H and O–H groups in total. The van der Waals surface area contributed by atoms with Crippen LogP contribution in [0.2, 0.25) is 0 Å². The van der Waals surface area contributed by atoms with Crippen molar-refractivity contribution in [3.8, 4) is 5.75 Å². The molecule has 5 nitrogen and oxygen atoms in total. The molecule has 0 radical (unpaired) electrons. The maximum absolute atomic E-state index is 12.7. The molecule has 0 saturated carbocycles. The van der Waals surface area contributed by atoms with E-state index in [-0.39, 0.29) is 11.9 Å². The third-order valence-electron chi connectivity index (χ3n) is 3.96. The van der Waals surface area contributed by atoms with Crippen LogP contribution in [0.25, 0.3) is 0 Å². The number of hydrogen-bond acceptors (Lipinski definition) is 4. The lowest BCUT2D eigenvalue weighted by Gasteiger charge is -2.41. The zero-order valence-corrected chi connectivity index (χ0v) is 12.2. The van der Waals surface area contributed by atoms with Gasteiger partial charge in [-0.1, -0.05) is 17.6 Å². The van der Waals surface area contributed by atoms with Crippen molar-refractivity contribution >= 4 is 25.2 Å². The Kier molecular flexibility index (Phi) is 2.46. The van der Waals surface area contributed by atoms with E-state index in [4.69, 9.17) is 10.5 Å². The Morgan fingerprint density at radius 2 is 2.15 bits per heavy atom. The fourth-order valence-corrected chi connectivity index (χ4v) is 3.09. The summed E-state index contributed by atoms with van der Waals surface area (Å²) >= 11 is 0. The topological polar surface area (TPSA) is 67.9 Å². The van der Waals surface area contributed by atoms with Crippen LogP contribution in [0.3, 0.4) is 0 Å². The zero-order valence-electron chi connectivity index (χ0n) is 12.2. The molecule has 104 valence electrons. The summed E-state index contributed by atoms with van der Waals surface area (Å²) in [5.74, 6) is 0.894. The van der Waals surface area contributed by atoms with E-state index >= 15 is 0 Å². The molecule has 6 heteroatoms. The van der Waals surface area contributed by atoms with Gasteiger partial charge in [0.15, 0.2) is 11.5 Å². The van der Waals surface area contributed by atoms with E-state index in [1.165, 1.54) is 4.90 Å². The highest BCUT2D eigenvalue weighted by Gasteiger charge is 2.55. The minimum Gasteiger partial charge on any atom is -0.487 e. The van der Waals surface area contributed by atoms with Crippen molar-refractivity contribution in [2.45, 2.75) is 31.4 Å². The van der Waals surface area contributed by atoms with E-state index in [9.17, 15) is 4.79 Å². The molecule has 0 saturated heterocycles. The number of aliphatic imine (C=N–C) groups is 1. The number of benzene rings is 1. The summed E-state index contributed by atoms with van der Waals surface area (Å²) in [7, 11) is 3.65. The van der Waals surface area contributed by atoms with Crippen LogP contribution in [-0.4, -0.2) is 37.3 Å². The molecule has 1 atom stereocenters. The van der Waals surface area contributed by atoms with E-state index in [0.717, 1.165) is 11.0 Å². The van der Waals surface area contributed by atoms with Crippen molar-refractivity contribution in [3.63, 3.8) is 0 Å². The van der Waals surface area contributed by atoms with Gasteiger partial charge in [-0.25, -0.2) is 4.99 Å². The van der Waals surface area contributed by atoms with E-state index in [1.54, 1.807) is 7.05 Å². The van der Waals surface area contributed by atoms with E-state index in [1.807, 2.05) is 39.9 Å². The summed E-state index contributed by atoms with van der Waals surface area (Å²) in [6.45, 7) is 3.93. The van der Waals surface area contributed by atoms with Crippen LogP contribution in [0.1, 0.15) is 25.8 Å². The molecule has 2 heterocycles. The Morgan fingerprint density at radius 1 is 1.45 bits per heavy atom. The molecule has 1 unspecified atom stereocenters. The first-order valence-corrected chi connectivity index (χ1v) is 6.69. The van der Waals surface area contributed by atoms with E-state index in [0.29, 0.717) is 12.2 Å².